The largest absolute Gasteiger partial charge is 0.298 e. The van der Waals surface area contributed by atoms with E-state index in [2.05, 4.69) is 12.1 Å². The van der Waals surface area contributed by atoms with Crippen molar-refractivity contribution in [3.8, 4) is 11.1 Å². The summed E-state index contributed by atoms with van der Waals surface area (Å²) in [6, 6.07) is 15.9. The van der Waals surface area contributed by atoms with Crippen molar-refractivity contribution in [3.05, 3.63) is 59.7 Å². The number of aryl methyl sites for hydroxylation is 1. The van der Waals surface area contributed by atoms with E-state index in [4.69, 9.17) is 0 Å². The minimum absolute atomic E-state index is 0.729. The van der Waals surface area contributed by atoms with E-state index >= 15 is 0 Å². The molecule has 0 unspecified atom stereocenters. The normalized spacial score (nSPS) is 9.93. The lowest BCUT2D eigenvalue weighted by atomic mass is 9.99. The lowest BCUT2D eigenvalue weighted by Crippen LogP contribution is -1.86. The van der Waals surface area contributed by atoms with Gasteiger partial charge in [0.05, 0.1) is 0 Å². The Hall–Kier alpha value is -1.89. The summed E-state index contributed by atoms with van der Waals surface area (Å²) >= 11 is 0. The van der Waals surface area contributed by atoms with E-state index in [-0.39, 0.29) is 0 Å². The monoisotopic (exact) mass is 196 g/mol. The highest BCUT2D eigenvalue weighted by molar-refractivity contribution is 5.78. The van der Waals surface area contributed by atoms with Crippen LogP contribution in [0.1, 0.15) is 15.9 Å². The first-order valence-electron chi connectivity index (χ1n) is 4.92. The molecule has 0 amide bonds. The van der Waals surface area contributed by atoms with Gasteiger partial charge < -0.3 is 0 Å². The Balaban J connectivity index is 2.51. The molecule has 0 radical (unpaired) electrons. The maximum absolute atomic E-state index is 10.6. The van der Waals surface area contributed by atoms with Crippen molar-refractivity contribution in [1.29, 1.82) is 0 Å². The van der Waals surface area contributed by atoms with Crippen molar-refractivity contribution < 1.29 is 4.79 Å². The molecule has 0 aliphatic rings. The average molecular weight is 196 g/mol. The molecule has 2 aromatic carbocycles. The van der Waals surface area contributed by atoms with Crippen LogP contribution in [0.2, 0.25) is 0 Å². The van der Waals surface area contributed by atoms with Gasteiger partial charge >= 0.3 is 0 Å². The van der Waals surface area contributed by atoms with Crippen LogP contribution in [-0.2, 0) is 0 Å². The molecule has 1 heteroatoms. The predicted octanol–water partition coefficient (Wildman–Crippen LogP) is 3.47. The molecular formula is C14H12O. The van der Waals surface area contributed by atoms with Crippen LogP contribution in [-0.4, -0.2) is 6.29 Å². The van der Waals surface area contributed by atoms with Gasteiger partial charge in [0.15, 0.2) is 0 Å². The Bertz CT molecular complexity index is 472. The number of benzene rings is 2. The van der Waals surface area contributed by atoms with Gasteiger partial charge in [-0.2, -0.15) is 0 Å². The third-order valence-electron chi connectivity index (χ3n) is 2.47. The smallest absolute Gasteiger partial charge is 0.150 e. The molecule has 0 heterocycles. The lowest BCUT2D eigenvalue weighted by molar-refractivity contribution is 0.112. The molecule has 0 bridgehead atoms. The van der Waals surface area contributed by atoms with Gasteiger partial charge in [-0.3, -0.25) is 4.79 Å². The van der Waals surface area contributed by atoms with Crippen LogP contribution in [0.4, 0.5) is 0 Å². The Labute approximate surface area is 89.4 Å². The second-order valence-electron chi connectivity index (χ2n) is 3.56. The highest BCUT2D eigenvalue weighted by atomic mass is 16.1. The highest BCUT2D eigenvalue weighted by Gasteiger charge is 2.01. The molecule has 2 rings (SSSR count). The highest BCUT2D eigenvalue weighted by Crippen LogP contribution is 2.23. The van der Waals surface area contributed by atoms with Gasteiger partial charge in [-0.25, -0.2) is 0 Å². The quantitative estimate of drug-likeness (QED) is 0.672. The summed E-state index contributed by atoms with van der Waals surface area (Å²) in [6.45, 7) is 2.02. The van der Waals surface area contributed by atoms with Crippen molar-refractivity contribution in [1.82, 2.24) is 0 Å². The lowest BCUT2D eigenvalue weighted by Gasteiger charge is -2.06. The van der Waals surface area contributed by atoms with E-state index < -0.39 is 0 Å². The first kappa shape index (κ1) is 9.66. The number of carbonyl (C=O) groups excluding carboxylic acids is 1. The summed E-state index contributed by atoms with van der Waals surface area (Å²) in [5, 5.41) is 0. The molecule has 15 heavy (non-hydrogen) atoms. The molecule has 0 aliphatic heterocycles. The molecule has 0 saturated heterocycles. The first-order valence-corrected chi connectivity index (χ1v) is 4.92. The van der Waals surface area contributed by atoms with Gasteiger partial charge in [-0.1, -0.05) is 42.5 Å². The molecule has 0 fully saturated rings. The topological polar surface area (TPSA) is 17.1 Å². The van der Waals surface area contributed by atoms with E-state index in [0.717, 1.165) is 17.4 Å². The van der Waals surface area contributed by atoms with Gasteiger partial charge in [0.25, 0.3) is 0 Å². The second-order valence-corrected chi connectivity index (χ2v) is 3.56. The molecule has 0 spiro atoms. The number of hydrogen-bond donors (Lipinski definition) is 0. The van der Waals surface area contributed by atoms with E-state index in [1.807, 2.05) is 43.3 Å². The zero-order valence-corrected chi connectivity index (χ0v) is 8.60. The molecule has 74 valence electrons. The molecule has 1 nitrogen and oxygen atoms in total. The number of rotatable bonds is 2. The summed E-state index contributed by atoms with van der Waals surface area (Å²) in [4.78, 5) is 10.6. The third kappa shape index (κ3) is 1.96. The third-order valence-corrected chi connectivity index (χ3v) is 2.47. The first-order chi connectivity index (χ1) is 7.31. The number of carbonyl (C=O) groups is 1. The van der Waals surface area contributed by atoms with Crippen LogP contribution in [0.5, 0.6) is 0 Å². The van der Waals surface area contributed by atoms with Crippen LogP contribution in [0, 0.1) is 6.92 Å². The summed E-state index contributed by atoms with van der Waals surface area (Å²) in [6.07, 6.45) is 0.877. The fraction of sp³-hybridized carbons (Fsp3) is 0.0714. The van der Waals surface area contributed by atoms with E-state index in [9.17, 15) is 4.79 Å². The maximum Gasteiger partial charge on any atom is 0.150 e. The van der Waals surface area contributed by atoms with E-state index in [1.54, 1.807) is 0 Å². The van der Waals surface area contributed by atoms with Crippen LogP contribution >= 0.6 is 0 Å². The number of aldehydes is 1. The van der Waals surface area contributed by atoms with Crippen molar-refractivity contribution in [2.75, 3.05) is 0 Å². The van der Waals surface area contributed by atoms with Crippen LogP contribution in [0.15, 0.2) is 48.5 Å². The molecule has 2 aromatic rings. The fourth-order valence-corrected chi connectivity index (χ4v) is 1.70. The van der Waals surface area contributed by atoms with Crippen molar-refractivity contribution >= 4 is 6.29 Å². The van der Waals surface area contributed by atoms with Crippen molar-refractivity contribution in [2.45, 2.75) is 6.92 Å². The molecule has 0 N–H and O–H groups in total. The molecule has 0 aromatic heterocycles. The maximum atomic E-state index is 10.6. The van der Waals surface area contributed by atoms with Crippen molar-refractivity contribution in [2.24, 2.45) is 0 Å². The molecule has 0 saturated carbocycles. The SMILES string of the molecule is Cc1cc(C=O)ccc1-c1ccccc1. The van der Waals surface area contributed by atoms with E-state index in [1.165, 1.54) is 11.1 Å². The molecule has 0 aliphatic carbocycles. The Morgan fingerprint density at radius 1 is 1.00 bits per heavy atom. The van der Waals surface area contributed by atoms with E-state index in [0.29, 0.717) is 0 Å². The minimum Gasteiger partial charge on any atom is -0.298 e. The second kappa shape index (κ2) is 4.09. The summed E-state index contributed by atoms with van der Waals surface area (Å²) in [5.74, 6) is 0. The Morgan fingerprint density at radius 3 is 2.33 bits per heavy atom. The zero-order chi connectivity index (χ0) is 10.7. The fourth-order valence-electron chi connectivity index (χ4n) is 1.70. The van der Waals surface area contributed by atoms with Gasteiger partial charge in [0.1, 0.15) is 6.29 Å². The van der Waals surface area contributed by atoms with Crippen LogP contribution < -0.4 is 0 Å². The summed E-state index contributed by atoms with van der Waals surface area (Å²) < 4.78 is 0. The van der Waals surface area contributed by atoms with Crippen LogP contribution in [0.3, 0.4) is 0 Å². The molecule has 0 atom stereocenters. The Morgan fingerprint density at radius 2 is 1.73 bits per heavy atom. The summed E-state index contributed by atoms with van der Waals surface area (Å²) in [5.41, 5.74) is 4.23. The summed E-state index contributed by atoms with van der Waals surface area (Å²) in [7, 11) is 0. The van der Waals surface area contributed by atoms with Crippen molar-refractivity contribution in [3.63, 3.8) is 0 Å². The Kier molecular flexibility index (Phi) is 2.64. The predicted molar refractivity (Wildman–Crippen MR) is 62.0 cm³/mol. The minimum atomic E-state index is 0.729. The van der Waals surface area contributed by atoms with Gasteiger partial charge in [0.2, 0.25) is 0 Å². The number of hydrogen-bond acceptors (Lipinski definition) is 1. The van der Waals surface area contributed by atoms with Gasteiger partial charge in [0, 0.05) is 5.56 Å². The zero-order valence-electron chi connectivity index (χ0n) is 8.60. The van der Waals surface area contributed by atoms with Crippen LogP contribution in [0.25, 0.3) is 11.1 Å². The van der Waals surface area contributed by atoms with Gasteiger partial charge in [-0.05, 0) is 29.7 Å². The average Bonchev–Trinajstić information content (AvgIpc) is 2.30. The molecular weight excluding hydrogens is 184 g/mol. The van der Waals surface area contributed by atoms with Gasteiger partial charge in [-0.15, -0.1) is 0 Å². The standard InChI is InChI=1S/C14H12O/c1-11-9-12(10-15)7-8-14(11)13-5-3-2-4-6-13/h2-10H,1H3.